The second-order valence-electron chi connectivity index (χ2n) is 6.91. The summed E-state index contributed by atoms with van der Waals surface area (Å²) in [5.74, 6) is -0.156. The molecule has 3 aromatic rings. The number of benzene rings is 2. The summed E-state index contributed by atoms with van der Waals surface area (Å²) < 4.78 is 0. The lowest BCUT2D eigenvalue weighted by atomic mass is 10.1. The van der Waals surface area contributed by atoms with Gasteiger partial charge in [-0.15, -0.1) is 0 Å². The molecule has 6 heteroatoms. The number of carbonyl (C=O) groups excluding carboxylic acids is 1. The van der Waals surface area contributed by atoms with Crippen molar-refractivity contribution in [3.05, 3.63) is 88.5 Å². The van der Waals surface area contributed by atoms with E-state index in [2.05, 4.69) is 27.0 Å². The highest BCUT2D eigenvalue weighted by atomic mass is 16.2. The molecule has 1 amide bonds. The van der Waals surface area contributed by atoms with E-state index in [1.807, 2.05) is 48.5 Å². The number of H-pyrrole nitrogens is 1. The van der Waals surface area contributed by atoms with Crippen LogP contribution in [-0.2, 0) is 6.54 Å². The van der Waals surface area contributed by atoms with Crippen molar-refractivity contribution in [3.8, 4) is 11.3 Å². The molecule has 0 saturated carbocycles. The molecular weight excluding hydrogens is 352 g/mol. The maximum absolute atomic E-state index is 12.9. The van der Waals surface area contributed by atoms with Crippen molar-refractivity contribution in [1.82, 2.24) is 19.8 Å². The van der Waals surface area contributed by atoms with Crippen molar-refractivity contribution in [2.45, 2.75) is 6.54 Å². The van der Waals surface area contributed by atoms with Gasteiger partial charge < -0.3 is 9.88 Å². The minimum absolute atomic E-state index is 0.156. The van der Waals surface area contributed by atoms with Crippen LogP contribution in [0.25, 0.3) is 11.3 Å². The molecular formula is C22H22N4O2. The molecule has 1 N–H and O–H groups in total. The van der Waals surface area contributed by atoms with Gasteiger partial charge in [0.1, 0.15) is 5.69 Å². The lowest BCUT2D eigenvalue weighted by Crippen LogP contribution is -2.48. The first kappa shape index (κ1) is 18.1. The van der Waals surface area contributed by atoms with E-state index in [4.69, 9.17) is 0 Å². The Morgan fingerprint density at radius 1 is 0.929 bits per heavy atom. The van der Waals surface area contributed by atoms with Crippen LogP contribution in [0, 0.1) is 0 Å². The van der Waals surface area contributed by atoms with Crippen LogP contribution in [0.5, 0.6) is 0 Å². The Balaban J connectivity index is 1.44. The Labute approximate surface area is 163 Å². The molecule has 0 spiro atoms. The van der Waals surface area contributed by atoms with E-state index in [1.165, 1.54) is 5.56 Å². The van der Waals surface area contributed by atoms with Gasteiger partial charge in [-0.1, -0.05) is 60.7 Å². The molecule has 142 valence electrons. The van der Waals surface area contributed by atoms with Gasteiger partial charge in [0.25, 0.3) is 5.91 Å². The Bertz CT molecular complexity index is 994. The van der Waals surface area contributed by atoms with Crippen LogP contribution in [0.15, 0.2) is 71.5 Å². The molecule has 0 aliphatic carbocycles. The SMILES string of the molecule is O=C(c1cc(-c2ccccc2)nc(=O)[nH]1)N1CCN(Cc2ccccc2)CC1. The highest BCUT2D eigenvalue weighted by Gasteiger charge is 2.23. The van der Waals surface area contributed by atoms with Crippen molar-refractivity contribution in [3.63, 3.8) is 0 Å². The molecule has 0 atom stereocenters. The van der Waals surface area contributed by atoms with E-state index >= 15 is 0 Å². The summed E-state index contributed by atoms with van der Waals surface area (Å²) in [7, 11) is 0. The molecule has 2 aromatic carbocycles. The zero-order valence-electron chi connectivity index (χ0n) is 15.5. The average Bonchev–Trinajstić information content (AvgIpc) is 2.75. The van der Waals surface area contributed by atoms with Gasteiger partial charge in [-0.05, 0) is 11.6 Å². The molecule has 4 rings (SSSR count). The normalized spacial score (nSPS) is 14.8. The second kappa shape index (κ2) is 8.19. The molecule has 1 aromatic heterocycles. The minimum atomic E-state index is -0.507. The predicted octanol–water partition coefficient (Wildman–Crippen LogP) is 2.39. The van der Waals surface area contributed by atoms with Crippen molar-refractivity contribution in [1.29, 1.82) is 0 Å². The highest BCUT2D eigenvalue weighted by Crippen LogP contribution is 2.17. The zero-order chi connectivity index (χ0) is 19.3. The Hall–Kier alpha value is -3.25. The first-order valence-electron chi connectivity index (χ1n) is 9.41. The lowest BCUT2D eigenvalue weighted by molar-refractivity contribution is 0.0622. The number of hydrogen-bond acceptors (Lipinski definition) is 4. The molecule has 6 nitrogen and oxygen atoms in total. The van der Waals surface area contributed by atoms with Gasteiger partial charge in [0.15, 0.2) is 0 Å². The number of amides is 1. The summed E-state index contributed by atoms with van der Waals surface area (Å²) in [6, 6.07) is 21.4. The number of piperazine rings is 1. The smallest absolute Gasteiger partial charge is 0.335 e. The van der Waals surface area contributed by atoms with Crippen LogP contribution in [0.1, 0.15) is 16.1 Å². The van der Waals surface area contributed by atoms with Gasteiger partial charge in [0.05, 0.1) is 5.69 Å². The molecule has 0 unspecified atom stereocenters. The van der Waals surface area contributed by atoms with Crippen molar-refractivity contribution >= 4 is 5.91 Å². The number of nitrogens with zero attached hydrogens (tertiary/aromatic N) is 3. The van der Waals surface area contributed by atoms with E-state index in [0.717, 1.165) is 25.2 Å². The van der Waals surface area contributed by atoms with Gasteiger partial charge in [0, 0.05) is 38.3 Å². The van der Waals surface area contributed by atoms with Crippen LogP contribution < -0.4 is 5.69 Å². The molecule has 1 aliphatic heterocycles. The van der Waals surface area contributed by atoms with Gasteiger partial charge >= 0.3 is 5.69 Å². The molecule has 0 radical (unpaired) electrons. The summed E-state index contributed by atoms with van der Waals surface area (Å²) in [6.07, 6.45) is 0. The van der Waals surface area contributed by atoms with Gasteiger partial charge in [-0.25, -0.2) is 4.79 Å². The van der Waals surface area contributed by atoms with Crippen LogP contribution in [0.3, 0.4) is 0 Å². The number of hydrogen-bond donors (Lipinski definition) is 1. The number of aromatic nitrogens is 2. The zero-order valence-corrected chi connectivity index (χ0v) is 15.5. The minimum Gasteiger partial charge on any atom is -0.335 e. The van der Waals surface area contributed by atoms with Crippen LogP contribution in [0.2, 0.25) is 0 Å². The van der Waals surface area contributed by atoms with Crippen molar-refractivity contribution in [2.24, 2.45) is 0 Å². The molecule has 1 fully saturated rings. The van der Waals surface area contributed by atoms with E-state index in [-0.39, 0.29) is 11.6 Å². The fourth-order valence-corrected chi connectivity index (χ4v) is 3.45. The lowest BCUT2D eigenvalue weighted by Gasteiger charge is -2.34. The van der Waals surface area contributed by atoms with Crippen LogP contribution in [0.4, 0.5) is 0 Å². The Morgan fingerprint density at radius 2 is 1.57 bits per heavy atom. The standard InChI is InChI=1S/C22H22N4O2/c27-21(20-15-19(23-22(28)24-20)18-9-5-2-6-10-18)26-13-11-25(12-14-26)16-17-7-3-1-4-8-17/h1-10,15H,11-14,16H2,(H,23,24,28). The van der Waals surface area contributed by atoms with Gasteiger partial charge in [-0.3, -0.25) is 9.69 Å². The first-order chi connectivity index (χ1) is 13.7. The van der Waals surface area contributed by atoms with Crippen LogP contribution in [-0.4, -0.2) is 51.9 Å². The maximum Gasteiger partial charge on any atom is 0.346 e. The maximum atomic E-state index is 12.9. The third-order valence-electron chi connectivity index (χ3n) is 4.95. The summed E-state index contributed by atoms with van der Waals surface area (Å²) >= 11 is 0. The Morgan fingerprint density at radius 3 is 2.25 bits per heavy atom. The number of rotatable bonds is 4. The third-order valence-corrected chi connectivity index (χ3v) is 4.95. The van der Waals surface area contributed by atoms with E-state index in [9.17, 15) is 9.59 Å². The van der Waals surface area contributed by atoms with Crippen LogP contribution >= 0.6 is 0 Å². The van der Waals surface area contributed by atoms with E-state index in [1.54, 1.807) is 11.0 Å². The molecule has 0 bridgehead atoms. The van der Waals surface area contributed by atoms with Gasteiger partial charge in [0.2, 0.25) is 0 Å². The summed E-state index contributed by atoms with van der Waals surface area (Å²) in [4.78, 5) is 35.6. The van der Waals surface area contributed by atoms with Gasteiger partial charge in [-0.2, -0.15) is 4.98 Å². The quantitative estimate of drug-likeness (QED) is 0.761. The molecule has 1 aliphatic rings. The Kier molecular flexibility index (Phi) is 5.30. The molecule has 1 saturated heterocycles. The monoisotopic (exact) mass is 374 g/mol. The number of nitrogens with one attached hydrogen (secondary N) is 1. The fourth-order valence-electron chi connectivity index (χ4n) is 3.45. The van der Waals surface area contributed by atoms with E-state index < -0.39 is 5.69 Å². The number of aromatic amines is 1. The summed E-state index contributed by atoms with van der Waals surface area (Å²) in [5, 5.41) is 0. The largest absolute Gasteiger partial charge is 0.346 e. The molecule has 28 heavy (non-hydrogen) atoms. The topological polar surface area (TPSA) is 69.3 Å². The van der Waals surface area contributed by atoms with E-state index in [0.29, 0.717) is 18.8 Å². The third kappa shape index (κ3) is 4.18. The first-order valence-corrected chi connectivity index (χ1v) is 9.41. The van der Waals surface area contributed by atoms with Crippen molar-refractivity contribution in [2.75, 3.05) is 26.2 Å². The molecule has 2 heterocycles. The summed E-state index contributed by atoms with van der Waals surface area (Å²) in [6.45, 7) is 3.77. The summed E-state index contributed by atoms with van der Waals surface area (Å²) in [5.41, 5.74) is 2.38. The predicted molar refractivity (Wildman–Crippen MR) is 108 cm³/mol. The number of carbonyl (C=O) groups is 1. The second-order valence-corrected chi connectivity index (χ2v) is 6.91. The van der Waals surface area contributed by atoms with Crippen molar-refractivity contribution < 1.29 is 4.79 Å². The average molecular weight is 374 g/mol. The fraction of sp³-hybridized carbons (Fsp3) is 0.227. The highest BCUT2D eigenvalue weighted by molar-refractivity contribution is 5.93.